The highest BCUT2D eigenvalue weighted by molar-refractivity contribution is 5.80. The van der Waals surface area contributed by atoms with E-state index in [1.165, 1.54) is 12.1 Å². The lowest BCUT2D eigenvalue weighted by Gasteiger charge is -2.10. The maximum atomic E-state index is 12.1. The van der Waals surface area contributed by atoms with Crippen LogP contribution >= 0.6 is 0 Å². The lowest BCUT2D eigenvalue weighted by atomic mass is 9.98. The van der Waals surface area contributed by atoms with Crippen LogP contribution in [0.1, 0.15) is 12.0 Å². The van der Waals surface area contributed by atoms with E-state index >= 15 is 0 Å². The van der Waals surface area contributed by atoms with Crippen LogP contribution in [0.4, 0.5) is 0 Å². The van der Waals surface area contributed by atoms with Crippen LogP contribution in [0, 0.1) is 5.92 Å². The number of esters is 1. The Kier molecular flexibility index (Phi) is 5.04. The van der Waals surface area contributed by atoms with Crippen molar-refractivity contribution in [2.24, 2.45) is 5.92 Å². The van der Waals surface area contributed by atoms with Crippen LogP contribution < -0.4 is 10.4 Å². The van der Waals surface area contributed by atoms with Crippen LogP contribution in [0.5, 0.6) is 5.75 Å². The third-order valence-electron chi connectivity index (χ3n) is 3.79. The van der Waals surface area contributed by atoms with Crippen molar-refractivity contribution in [2.75, 3.05) is 0 Å². The Morgan fingerprint density at radius 1 is 1.08 bits per heavy atom. The number of rotatable bonds is 6. The highest BCUT2D eigenvalue weighted by Crippen LogP contribution is 2.20. The Hall–Kier alpha value is -3.21. The average molecular weight is 336 g/mol. The molecule has 3 aromatic rings. The molecule has 0 amide bonds. The number of ether oxygens (including phenoxy) is 1. The Morgan fingerprint density at radius 3 is 2.60 bits per heavy atom. The number of carbonyl (C=O) groups excluding carboxylic acids is 2. The maximum absolute atomic E-state index is 12.1. The van der Waals surface area contributed by atoms with Gasteiger partial charge in [0.1, 0.15) is 17.6 Å². The molecule has 0 saturated carbocycles. The van der Waals surface area contributed by atoms with Gasteiger partial charge in [-0.05, 0) is 30.2 Å². The first-order valence-electron chi connectivity index (χ1n) is 7.88. The molecule has 2 aromatic carbocycles. The van der Waals surface area contributed by atoms with Crippen molar-refractivity contribution in [1.82, 2.24) is 0 Å². The lowest BCUT2D eigenvalue weighted by molar-refractivity contribution is -0.136. The topological polar surface area (TPSA) is 73.6 Å². The van der Waals surface area contributed by atoms with Crippen molar-refractivity contribution < 1.29 is 18.7 Å². The van der Waals surface area contributed by atoms with Gasteiger partial charge < -0.3 is 13.9 Å². The van der Waals surface area contributed by atoms with Crippen LogP contribution in [0.3, 0.4) is 0 Å². The van der Waals surface area contributed by atoms with E-state index in [0.29, 0.717) is 12.0 Å². The molecule has 0 aliphatic rings. The zero-order valence-corrected chi connectivity index (χ0v) is 13.4. The molecule has 25 heavy (non-hydrogen) atoms. The second kappa shape index (κ2) is 7.57. The van der Waals surface area contributed by atoms with Crippen LogP contribution in [-0.4, -0.2) is 12.3 Å². The van der Waals surface area contributed by atoms with Gasteiger partial charge in [-0.2, -0.15) is 0 Å². The summed E-state index contributed by atoms with van der Waals surface area (Å²) < 4.78 is 10.3. The minimum Gasteiger partial charge on any atom is -0.426 e. The van der Waals surface area contributed by atoms with Gasteiger partial charge in [0.25, 0.3) is 0 Å². The molecule has 1 atom stereocenters. The number of fused-ring (bicyclic) bond motifs is 1. The third kappa shape index (κ3) is 4.41. The fourth-order valence-corrected chi connectivity index (χ4v) is 2.58. The standard InChI is InChI=1S/C20H16O5/c21-13-15(10-14-4-2-1-3-5-14)11-20(23)24-17-8-6-16-7-9-19(22)25-18(16)12-17/h1-9,12-13,15H,10-11H2. The van der Waals surface area contributed by atoms with E-state index in [9.17, 15) is 14.4 Å². The molecule has 1 heterocycles. The molecule has 0 spiro atoms. The zero-order chi connectivity index (χ0) is 17.6. The number of benzene rings is 2. The molecule has 126 valence electrons. The Balaban J connectivity index is 1.66. The number of hydrogen-bond acceptors (Lipinski definition) is 5. The molecule has 0 aliphatic heterocycles. The zero-order valence-electron chi connectivity index (χ0n) is 13.4. The van der Waals surface area contributed by atoms with Gasteiger partial charge in [-0.25, -0.2) is 4.79 Å². The second-order valence-corrected chi connectivity index (χ2v) is 5.72. The monoisotopic (exact) mass is 336 g/mol. The largest absolute Gasteiger partial charge is 0.426 e. The van der Waals surface area contributed by atoms with E-state index in [0.717, 1.165) is 17.2 Å². The molecule has 3 rings (SSSR count). The average Bonchev–Trinajstić information content (AvgIpc) is 2.61. The summed E-state index contributed by atoms with van der Waals surface area (Å²) in [4.78, 5) is 34.6. The second-order valence-electron chi connectivity index (χ2n) is 5.72. The van der Waals surface area contributed by atoms with Gasteiger partial charge in [-0.3, -0.25) is 4.79 Å². The van der Waals surface area contributed by atoms with Gasteiger partial charge in [0.15, 0.2) is 0 Å². The third-order valence-corrected chi connectivity index (χ3v) is 3.79. The smallest absolute Gasteiger partial charge is 0.336 e. The van der Waals surface area contributed by atoms with Gasteiger partial charge in [-0.15, -0.1) is 0 Å². The summed E-state index contributed by atoms with van der Waals surface area (Å²) in [6.45, 7) is 0. The summed E-state index contributed by atoms with van der Waals surface area (Å²) >= 11 is 0. The first-order chi connectivity index (χ1) is 12.1. The van der Waals surface area contributed by atoms with E-state index in [-0.39, 0.29) is 12.2 Å². The fourth-order valence-electron chi connectivity index (χ4n) is 2.58. The van der Waals surface area contributed by atoms with Gasteiger partial charge >= 0.3 is 11.6 Å². The van der Waals surface area contributed by atoms with Crippen molar-refractivity contribution in [2.45, 2.75) is 12.8 Å². The first-order valence-corrected chi connectivity index (χ1v) is 7.88. The van der Waals surface area contributed by atoms with Crippen LogP contribution in [0.15, 0.2) is 69.9 Å². The van der Waals surface area contributed by atoms with E-state index in [4.69, 9.17) is 9.15 Å². The van der Waals surface area contributed by atoms with Crippen molar-refractivity contribution in [3.05, 3.63) is 76.6 Å². The van der Waals surface area contributed by atoms with Crippen molar-refractivity contribution in [1.29, 1.82) is 0 Å². The van der Waals surface area contributed by atoms with Crippen LogP contribution in [-0.2, 0) is 16.0 Å². The molecule has 0 saturated heterocycles. The highest BCUT2D eigenvalue weighted by atomic mass is 16.5. The number of hydrogen-bond donors (Lipinski definition) is 0. The molecule has 0 fully saturated rings. The number of carbonyl (C=O) groups is 2. The molecule has 0 radical (unpaired) electrons. The summed E-state index contributed by atoms with van der Waals surface area (Å²) in [5.41, 5.74) is 0.855. The van der Waals surface area contributed by atoms with Crippen LogP contribution in [0.2, 0.25) is 0 Å². The molecule has 5 nitrogen and oxygen atoms in total. The summed E-state index contributed by atoms with van der Waals surface area (Å²) in [6, 6.07) is 17.3. The Labute approximate surface area is 143 Å². The van der Waals surface area contributed by atoms with Gasteiger partial charge in [0, 0.05) is 23.4 Å². The molecule has 5 heteroatoms. The highest BCUT2D eigenvalue weighted by Gasteiger charge is 2.16. The van der Waals surface area contributed by atoms with Crippen molar-refractivity contribution >= 4 is 23.2 Å². The van der Waals surface area contributed by atoms with Crippen LogP contribution in [0.25, 0.3) is 11.0 Å². The quantitative estimate of drug-likeness (QED) is 0.299. The minimum atomic E-state index is -0.509. The summed E-state index contributed by atoms with van der Waals surface area (Å²) in [5, 5.41) is 0.731. The summed E-state index contributed by atoms with van der Waals surface area (Å²) in [7, 11) is 0. The Morgan fingerprint density at radius 2 is 1.84 bits per heavy atom. The van der Waals surface area contributed by atoms with E-state index in [1.54, 1.807) is 18.2 Å². The van der Waals surface area contributed by atoms with Crippen molar-refractivity contribution in [3.8, 4) is 5.75 Å². The first kappa shape index (κ1) is 16.6. The molecular weight excluding hydrogens is 320 g/mol. The summed E-state index contributed by atoms with van der Waals surface area (Å²) in [5.74, 6) is -0.685. The van der Waals surface area contributed by atoms with Gasteiger partial charge in [0.2, 0.25) is 0 Å². The minimum absolute atomic E-state index is 0.0187. The number of aldehydes is 1. The SMILES string of the molecule is O=CC(CC(=O)Oc1ccc2ccc(=O)oc2c1)Cc1ccccc1. The molecule has 0 N–H and O–H groups in total. The normalized spacial score (nSPS) is 11.8. The molecule has 0 aliphatic carbocycles. The van der Waals surface area contributed by atoms with E-state index < -0.39 is 17.5 Å². The van der Waals surface area contributed by atoms with Gasteiger partial charge in [0.05, 0.1) is 6.42 Å². The molecule has 1 aromatic heterocycles. The molecule has 1 unspecified atom stereocenters. The molecular formula is C20H16O5. The predicted molar refractivity (Wildman–Crippen MR) is 92.4 cm³/mol. The van der Waals surface area contributed by atoms with E-state index in [1.807, 2.05) is 30.3 Å². The predicted octanol–water partition coefficient (Wildman–Crippen LogP) is 3.15. The van der Waals surface area contributed by atoms with Crippen molar-refractivity contribution in [3.63, 3.8) is 0 Å². The van der Waals surface area contributed by atoms with E-state index in [2.05, 4.69) is 0 Å². The lowest BCUT2D eigenvalue weighted by Crippen LogP contribution is -2.17. The fraction of sp³-hybridized carbons (Fsp3) is 0.150. The summed E-state index contributed by atoms with van der Waals surface area (Å²) in [6.07, 6.45) is 1.23. The Bertz CT molecular complexity index is 943. The maximum Gasteiger partial charge on any atom is 0.336 e. The van der Waals surface area contributed by atoms with Gasteiger partial charge in [-0.1, -0.05) is 30.3 Å². The molecule has 0 bridgehead atoms.